The van der Waals surface area contributed by atoms with Crippen molar-refractivity contribution in [3.8, 4) is 33.9 Å². The molecule has 0 N–H and O–H groups in total. The maximum absolute atomic E-state index is 5.46. The van der Waals surface area contributed by atoms with Crippen LogP contribution < -0.4 is 0 Å². The van der Waals surface area contributed by atoms with Crippen LogP contribution in [0, 0.1) is 6.92 Å². The van der Waals surface area contributed by atoms with Crippen LogP contribution in [-0.2, 0) is 11.3 Å². The summed E-state index contributed by atoms with van der Waals surface area (Å²) in [7, 11) is 0. The second kappa shape index (κ2) is 9.34. The van der Waals surface area contributed by atoms with Crippen molar-refractivity contribution >= 4 is 0 Å². The molecule has 1 aliphatic rings. The van der Waals surface area contributed by atoms with Crippen molar-refractivity contribution in [1.29, 1.82) is 0 Å². The van der Waals surface area contributed by atoms with Crippen LogP contribution in [0.3, 0.4) is 0 Å². The highest BCUT2D eigenvalue weighted by Gasteiger charge is 2.12. The quantitative estimate of drug-likeness (QED) is 0.474. The number of aromatic nitrogens is 4. The smallest absolute Gasteiger partial charge is 0.178 e. The number of hydrogen-bond acceptors (Lipinski definition) is 6. The topological polar surface area (TPSA) is 64.0 Å². The molecule has 1 aliphatic heterocycles. The third-order valence-electron chi connectivity index (χ3n) is 5.58. The second-order valence-corrected chi connectivity index (χ2v) is 7.98. The summed E-state index contributed by atoms with van der Waals surface area (Å²) in [5.41, 5.74) is 7.02. The van der Waals surface area contributed by atoms with Gasteiger partial charge in [-0.3, -0.25) is 9.88 Å². The van der Waals surface area contributed by atoms with Crippen molar-refractivity contribution in [2.24, 2.45) is 0 Å². The SMILES string of the molecule is Cc1cccc(-c2nccc(-c3cncc(-c4cccc(CN5CCOCC5)c4)c3)n2)n1. The molecule has 5 rings (SSSR count). The van der Waals surface area contributed by atoms with Crippen molar-refractivity contribution < 1.29 is 4.74 Å². The summed E-state index contributed by atoms with van der Waals surface area (Å²) in [6.45, 7) is 6.48. The van der Waals surface area contributed by atoms with Gasteiger partial charge in [0.15, 0.2) is 5.82 Å². The van der Waals surface area contributed by atoms with E-state index in [0.29, 0.717) is 5.82 Å². The zero-order valence-electron chi connectivity index (χ0n) is 18.1. The molecule has 6 heteroatoms. The minimum absolute atomic E-state index is 0.615. The molecule has 0 unspecified atom stereocenters. The van der Waals surface area contributed by atoms with Crippen LogP contribution in [-0.4, -0.2) is 51.1 Å². The van der Waals surface area contributed by atoms with E-state index in [1.54, 1.807) is 6.20 Å². The fourth-order valence-corrected chi connectivity index (χ4v) is 3.92. The van der Waals surface area contributed by atoms with Crippen molar-refractivity contribution in [3.05, 3.63) is 84.4 Å². The molecular weight excluding hydrogens is 398 g/mol. The van der Waals surface area contributed by atoms with Gasteiger partial charge < -0.3 is 4.74 Å². The molecule has 0 amide bonds. The van der Waals surface area contributed by atoms with E-state index in [-0.39, 0.29) is 0 Å². The second-order valence-electron chi connectivity index (χ2n) is 7.98. The molecule has 4 heterocycles. The largest absolute Gasteiger partial charge is 0.379 e. The number of pyridine rings is 2. The van der Waals surface area contributed by atoms with E-state index in [4.69, 9.17) is 9.72 Å². The van der Waals surface area contributed by atoms with Crippen LogP contribution in [0.2, 0.25) is 0 Å². The molecule has 1 fully saturated rings. The van der Waals surface area contributed by atoms with E-state index in [9.17, 15) is 0 Å². The summed E-state index contributed by atoms with van der Waals surface area (Å²) < 4.78 is 5.46. The van der Waals surface area contributed by atoms with E-state index in [1.165, 1.54) is 5.56 Å². The fraction of sp³-hybridized carbons (Fsp3) is 0.231. The van der Waals surface area contributed by atoms with E-state index < -0.39 is 0 Å². The molecule has 0 saturated carbocycles. The number of rotatable bonds is 5. The highest BCUT2D eigenvalue weighted by atomic mass is 16.5. The molecule has 0 bridgehead atoms. The van der Waals surface area contributed by atoms with Crippen molar-refractivity contribution in [2.45, 2.75) is 13.5 Å². The average Bonchev–Trinajstić information content (AvgIpc) is 2.85. The van der Waals surface area contributed by atoms with Gasteiger partial charge in [0.2, 0.25) is 0 Å². The van der Waals surface area contributed by atoms with Crippen LogP contribution in [0.15, 0.2) is 73.2 Å². The Balaban J connectivity index is 1.42. The van der Waals surface area contributed by atoms with Gasteiger partial charge in [0, 0.05) is 55.0 Å². The number of benzene rings is 1. The first kappa shape index (κ1) is 20.4. The highest BCUT2D eigenvalue weighted by Crippen LogP contribution is 2.26. The third kappa shape index (κ3) is 4.72. The minimum Gasteiger partial charge on any atom is -0.379 e. The highest BCUT2D eigenvalue weighted by molar-refractivity contribution is 5.71. The molecule has 0 atom stereocenters. The fourth-order valence-electron chi connectivity index (χ4n) is 3.92. The average molecular weight is 424 g/mol. The van der Waals surface area contributed by atoms with Gasteiger partial charge in [-0.1, -0.05) is 24.3 Å². The van der Waals surface area contributed by atoms with Crippen LogP contribution in [0.1, 0.15) is 11.3 Å². The van der Waals surface area contributed by atoms with Gasteiger partial charge in [-0.25, -0.2) is 15.0 Å². The molecule has 0 radical (unpaired) electrons. The standard InChI is InChI=1S/C26H25N5O/c1-19-4-2-7-25(29-19)26-28-9-8-24(30-26)23-15-22(16-27-17-23)21-6-3-5-20(14-21)18-31-10-12-32-13-11-31/h2-9,14-17H,10-13,18H2,1H3. The van der Waals surface area contributed by atoms with Crippen LogP contribution in [0.4, 0.5) is 0 Å². The van der Waals surface area contributed by atoms with Crippen LogP contribution in [0.25, 0.3) is 33.9 Å². The molecule has 1 saturated heterocycles. The Kier molecular flexibility index (Phi) is 5.96. The van der Waals surface area contributed by atoms with Gasteiger partial charge in [-0.2, -0.15) is 0 Å². The first-order valence-corrected chi connectivity index (χ1v) is 10.9. The lowest BCUT2D eigenvalue weighted by Gasteiger charge is -2.26. The Morgan fingerprint density at radius 1 is 0.844 bits per heavy atom. The van der Waals surface area contributed by atoms with Gasteiger partial charge in [0.1, 0.15) is 5.69 Å². The molecule has 3 aromatic heterocycles. The van der Waals surface area contributed by atoms with E-state index >= 15 is 0 Å². The summed E-state index contributed by atoms with van der Waals surface area (Å²) in [5.74, 6) is 0.615. The van der Waals surface area contributed by atoms with Crippen LogP contribution in [0.5, 0.6) is 0 Å². The maximum atomic E-state index is 5.46. The first-order valence-electron chi connectivity index (χ1n) is 10.9. The van der Waals surface area contributed by atoms with Crippen molar-refractivity contribution in [1.82, 2.24) is 24.8 Å². The van der Waals surface area contributed by atoms with Gasteiger partial charge >= 0.3 is 0 Å². The van der Waals surface area contributed by atoms with Crippen LogP contribution >= 0.6 is 0 Å². The Labute approximate surface area is 188 Å². The molecule has 0 aliphatic carbocycles. The number of nitrogens with zero attached hydrogens (tertiary/aromatic N) is 5. The molecular formula is C26H25N5O. The number of hydrogen-bond donors (Lipinski definition) is 0. The lowest BCUT2D eigenvalue weighted by molar-refractivity contribution is 0.0342. The monoisotopic (exact) mass is 423 g/mol. The number of ether oxygens (including phenoxy) is 1. The van der Waals surface area contributed by atoms with E-state index in [0.717, 1.165) is 66.6 Å². The number of aryl methyl sites for hydroxylation is 1. The van der Waals surface area contributed by atoms with Gasteiger partial charge in [0.05, 0.1) is 18.9 Å². The summed E-state index contributed by atoms with van der Waals surface area (Å²) in [5, 5.41) is 0. The van der Waals surface area contributed by atoms with E-state index in [1.807, 2.05) is 43.6 Å². The summed E-state index contributed by atoms with van der Waals surface area (Å²) >= 11 is 0. The predicted molar refractivity (Wildman–Crippen MR) is 125 cm³/mol. The zero-order valence-corrected chi connectivity index (χ0v) is 18.1. The Morgan fingerprint density at radius 3 is 2.56 bits per heavy atom. The molecule has 0 spiro atoms. The third-order valence-corrected chi connectivity index (χ3v) is 5.58. The molecule has 160 valence electrons. The summed E-state index contributed by atoms with van der Waals surface area (Å²) in [6.07, 6.45) is 5.52. The first-order chi connectivity index (χ1) is 15.7. The van der Waals surface area contributed by atoms with Crippen molar-refractivity contribution in [2.75, 3.05) is 26.3 Å². The maximum Gasteiger partial charge on any atom is 0.178 e. The minimum atomic E-state index is 0.615. The van der Waals surface area contributed by atoms with Gasteiger partial charge in [-0.15, -0.1) is 0 Å². The molecule has 6 nitrogen and oxygen atoms in total. The molecule has 32 heavy (non-hydrogen) atoms. The molecule has 4 aromatic rings. The lowest BCUT2D eigenvalue weighted by Crippen LogP contribution is -2.35. The normalized spacial score (nSPS) is 14.4. The van der Waals surface area contributed by atoms with E-state index in [2.05, 4.69) is 50.2 Å². The Hall–Kier alpha value is -3.48. The predicted octanol–water partition coefficient (Wildman–Crippen LogP) is 4.41. The zero-order chi connectivity index (χ0) is 21.8. The van der Waals surface area contributed by atoms with Gasteiger partial charge in [0.25, 0.3) is 0 Å². The van der Waals surface area contributed by atoms with Gasteiger partial charge in [-0.05, 0) is 48.4 Å². The summed E-state index contributed by atoms with van der Waals surface area (Å²) in [6, 6.07) is 18.6. The number of morpholine rings is 1. The Bertz CT molecular complexity index is 1220. The molecule has 1 aromatic carbocycles. The lowest BCUT2D eigenvalue weighted by atomic mass is 10.0. The Morgan fingerprint density at radius 2 is 1.69 bits per heavy atom. The van der Waals surface area contributed by atoms with Crippen molar-refractivity contribution in [3.63, 3.8) is 0 Å². The summed E-state index contributed by atoms with van der Waals surface area (Å²) in [4.78, 5) is 20.6.